The van der Waals surface area contributed by atoms with Gasteiger partial charge in [-0.05, 0) is 12.5 Å². The molecule has 1 amide bonds. The second kappa shape index (κ2) is 4.36. The molecule has 1 saturated heterocycles. The number of H-pyrrole nitrogens is 1. The van der Waals surface area contributed by atoms with E-state index < -0.39 is 16.9 Å². The number of aromatic nitrogens is 1. The molecule has 90 valence electrons. The van der Waals surface area contributed by atoms with E-state index in [4.69, 9.17) is 5.73 Å². The van der Waals surface area contributed by atoms with Gasteiger partial charge in [-0.2, -0.15) is 0 Å². The van der Waals surface area contributed by atoms with Crippen LogP contribution in [0.4, 0.5) is 11.5 Å². The molecule has 0 aliphatic carbocycles. The molecule has 3 N–H and O–H groups in total. The van der Waals surface area contributed by atoms with E-state index in [1.807, 2.05) is 0 Å². The van der Waals surface area contributed by atoms with Crippen molar-refractivity contribution in [3.63, 3.8) is 0 Å². The van der Waals surface area contributed by atoms with Gasteiger partial charge in [0.25, 0.3) is 5.91 Å². The summed E-state index contributed by atoms with van der Waals surface area (Å²) in [6, 6.07) is 2.49. The highest BCUT2D eigenvalue weighted by molar-refractivity contribution is 5.84. The standard InChI is InChI=1S/C10H12N4O3/c11-9(15)7-4-2-6-13(7)10-8(14(16)17)3-1-5-12-10/h1,3,5,7H,2,4,6H2,(H2,11,15)/p+1/t7-/m0/s1. The number of primary amides is 1. The highest BCUT2D eigenvalue weighted by Crippen LogP contribution is 2.28. The number of hydrogen-bond acceptors (Lipinski definition) is 4. The van der Waals surface area contributed by atoms with Crippen LogP contribution in [-0.4, -0.2) is 23.4 Å². The minimum atomic E-state index is -0.470. The smallest absolute Gasteiger partial charge is 0.357 e. The molecular weight excluding hydrogens is 224 g/mol. The summed E-state index contributed by atoms with van der Waals surface area (Å²) in [6.07, 6.45) is 3.03. The Kier molecular flexibility index (Phi) is 2.90. The summed E-state index contributed by atoms with van der Waals surface area (Å²) in [6.45, 7) is 0.592. The van der Waals surface area contributed by atoms with Crippen LogP contribution in [0, 0.1) is 10.1 Å². The lowest BCUT2D eigenvalue weighted by Crippen LogP contribution is -2.42. The fourth-order valence-electron chi connectivity index (χ4n) is 2.13. The van der Waals surface area contributed by atoms with Gasteiger partial charge in [-0.25, -0.2) is 9.88 Å². The number of carbonyl (C=O) groups is 1. The third kappa shape index (κ3) is 2.03. The largest absolute Gasteiger partial charge is 0.366 e. The Labute approximate surface area is 97.4 Å². The van der Waals surface area contributed by atoms with E-state index in [1.165, 1.54) is 6.07 Å². The molecule has 0 spiro atoms. The lowest BCUT2D eigenvalue weighted by Gasteiger charge is -2.15. The average molecular weight is 237 g/mol. The predicted molar refractivity (Wildman–Crippen MR) is 59.2 cm³/mol. The molecule has 2 rings (SSSR count). The number of anilines is 1. The molecule has 0 unspecified atom stereocenters. The Bertz CT molecular complexity index is 463. The molecule has 1 fully saturated rings. The van der Waals surface area contributed by atoms with Crippen LogP contribution in [-0.2, 0) is 4.79 Å². The van der Waals surface area contributed by atoms with Crippen molar-refractivity contribution in [3.05, 3.63) is 28.4 Å². The third-order valence-corrected chi connectivity index (χ3v) is 2.88. The fourth-order valence-corrected chi connectivity index (χ4v) is 2.13. The van der Waals surface area contributed by atoms with E-state index in [-0.39, 0.29) is 5.69 Å². The molecule has 0 radical (unpaired) electrons. The summed E-state index contributed by atoms with van der Waals surface area (Å²) >= 11 is 0. The van der Waals surface area contributed by atoms with Crippen LogP contribution in [0.15, 0.2) is 18.3 Å². The quantitative estimate of drug-likeness (QED) is 0.583. The Hall–Kier alpha value is -2.18. The number of carbonyl (C=O) groups excluding carboxylic acids is 1. The first-order valence-electron chi connectivity index (χ1n) is 5.32. The zero-order chi connectivity index (χ0) is 12.4. The van der Waals surface area contributed by atoms with Crippen LogP contribution in [0.3, 0.4) is 0 Å². The molecule has 1 aliphatic heterocycles. The Morgan fingerprint density at radius 2 is 2.41 bits per heavy atom. The number of rotatable bonds is 3. The van der Waals surface area contributed by atoms with Crippen molar-refractivity contribution < 1.29 is 14.7 Å². The average Bonchev–Trinajstić information content (AvgIpc) is 2.77. The van der Waals surface area contributed by atoms with Crippen molar-refractivity contribution in [1.29, 1.82) is 0 Å². The first-order chi connectivity index (χ1) is 8.11. The molecule has 0 bridgehead atoms. The second-order valence-corrected chi connectivity index (χ2v) is 3.91. The van der Waals surface area contributed by atoms with Crippen LogP contribution in [0.2, 0.25) is 0 Å². The molecule has 1 atom stereocenters. The summed E-state index contributed by atoms with van der Waals surface area (Å²) in [5.74, 6) is -0.104. The van der Waals surface area contributed by atoms with Gasteiger partial charge >= 0.3 is 11.5 Å². The topological polar surface area (TPSA) is 104 Å². The van der Waals surface area contributed by atoms with Crippen molar-refractivity contribution in [2.45, 2.75) is 18.9 Å². The van der Waals surface area contributed by atoms with Crippen molar-refractivity contribution in [2.24, 2.45) is 5.73 Å². The summed E-state index contributed by atoms with van der Waals surface area (Å²) in [4.78, 5) is 26.2. The number of amides is 1. The maximum absolute atomic E-state index is 11.3. The van der Waals surface area contributed by atoms with Crippen molar-refractivity contribution in [2.75, 3.05) is 11.4 Å². The predicted octanol–water partition coefficient (Wildman–Crippen LogP) is -0.137. The SMILES string of the molecule is NC(=O)[C@@H]1CCCN1c1[nH+]cccc1[N+](=O)[O-]. The fraction of sp³-hybridized carbons (Fsp3) is 0.400. The molecule has 17 heavy (non-hydrogen) atoms. The zero-order valence-corrected chi connectivity index (χ0v) is 9.13. The number of nitrogens with one attached hydrogen (secondary N) is 1. The number of nitrogens with zero attached hydrogens (tertiary/aromatic N) is 2. The lowest BCUT2D eigenvalue weighted by atomic mass is 10.2. The van der Waals surface area contributed by atoms with Crippen LogP contribution >= 0.6 is 0 Å². The molecule has 1 aromatic rings. The molecule has 0 saturated carbocycles. The maximum atomic E-state index is 11.3. The first kappa shape index (κ1) is 11.3. The van der Waals surface area contributed by atoms with Gasteiger partial charge in [-0.1, -0.05) is 0 Å². The Morgan fingerprint density at radius 1 is 1.65 bits per heavy atom. The van der Waals surface area contributed by atoms with Gasteiger partial charge in [-0.3, -0.25) is 14.9 Å². The summed E-state index contributed by atoms with van der Waals surface area (Å²) in [5, 5.41) is 10.9. The first-order valence-corrected chi connectivity index (χ1v) is 5.32. The number of nitro groups is 1. The Balaban J connectivity index is 2.39. The van der Waals surface area contributed by atoms with Crippen LogP contribution < -0.4 is 15.6 Å². The van der Waals surface area contributed by atoms with Crippen molar-refractivity contribution >= 4 is 17.4 Å². The number of aromatic amines is 1. The number of nitrogens with two attached hydrogens (primary N) is 1. The van der Waals surface area contributed by atoms with E-state index in [9.17, 15) is 14.9 Å². The molecular formula is C10H13N4O3+. The van der Waals surface area contributed by atoms with Crippen molar-refractivity contribution in [1.82, 2.24) is 0 Å². The molecule has 2 heterocycles. The van der Waals surface area contributed by atoms with Crippen LogP contribution in [0.5, 0.6) is 0 Å². The minimum Gasteiger partial charge on any atom is -0.366 e. The van der Waals surface area contributed by atoms with Crippen LogP contribution in [0.25, 0.3) is 0 Å². The van der Waals surface area contributed by atoms with Gasteiger partial charge in [0.05, 0.1) is 17.7 Å². The lowest BCUT2D eigenvalue weighted by molar-refractivity contribution is -0.411. The van der Waals surface area contributed by atoms with E-state index in [2.05, 4.69) is 4.98 Å². The normalized spacial score (nSPS) is 19.3. The van der Waals surface area contributed by atoms with E-state index in [0.29, 0.717) is 18.8 Å². The molecule has 7 heteroatoms. The van der Waals surface area contributed by atoms with Crippen molar-refractivity contribution in [3.8, 4) is 0 Å². The van der Waals surface area contributed by atoms with Gasteiger partial charge < -0.3 is 5.73 Å². The Morgan fingerprint density at radius 3 is 3.06 bits per heavy atom. The van der Waals surface area contributed by atoms with Gasteiger partial charge in [0, 0.05) is 12.5 Å². The van der Waals surface area contributed by atoms with Gasteiger partial charge in [0.2, 0.25) is 0 Å². The van der Waals surface area contributed by atoms with E-state index >= 15 is 0 Å². The van der Waals surface area contributed by atoms with Crippen LogP contribution in [0.1, 0.15) is 12.8 Å². The summed E-state index contributed by atoms with van der Waals surface area (Å²) < 4.78 is 0. The van der Waals surface area contributed by atoms with E-state index in [0.717, 1.165) is 6.42 Å². The van der Waals surface area contributed by atoms with Gasteiger partial charge in [0.15, 0.2) is 6.04 Å². The third-order valence-electron chi connectivity index (χ3n) is 2.88. The molecule has 1 aromatic heterocycles. The van der Waals surface area contributed by atoms with Gasteiger partial charge in [0.1, 0.15) is 0 Å². The number of hydrogen-bond donors (Lipinski definition) is 1. The monoisotopic (exact) mass is 237 g/mol. The highest BCUT2D eigenvalue weighted by Gasteiger charge is 2.40. The van der Waals surface area contributed by atoms with Gasteiger partial charge in [-0.15, -0.1) is 0 Å². The summed E-state index contributed by atoms with van der Waals surface area (Å²) in [5.41, 5.74) is 5.25. The minimum absolute atomic E-state index is 0.0411. The highest BCUT2D eigenvalue weighted by atomic mass is 16.6. The maximum Gasteiger partial charge on any atom is 0.357 e. The zero-order valence-electron chi connectivity index (χ0n) is 9.13. The molecule has 0 aromatic carbocycles. The second-order valence-electron chi connectivity index (χ2n) is 3.91. The summed E-state index contributed by atoms with van der Waals surface area (Å²) in [7, 11) is 0. The molecule has 1 aliphatic rings. The molecule has 7 nitrogen and oxygen atoms in total. The van der Waals surface area contributed by atoms with E-state index in [1.54, 1.807) is 17.2 Å². The number of pyridine rings is 1.